The molecule has 3 rings (SSSR count). The fraction of sp³-hybridized carbons (Fsp3) is 0.375. The number of morpholine rings is 1. The molecule has 2 aromatic rings. The summed E-state index contributed by atoms with van der Waals surface area (Å²) in [6.07, 6.45) is 3.80. The van der Waals surface area contributed by atoms with Gasteiger partial charge in [0.15, 0.2) is 0 Å². The first-order valence-electron chi connectivity index (χ1n) is 7.38. The molecular weight excluding hydrogens is 300 g/mol. The Balaban J connectivity index is 1.67. The van der Waals surface area contributed by atoms with Gasteiger partial charge in [0, 0.05) is 32.0 Å². The van der Waals surface area contributed by atoms with Gasteiger partial charge in [-0.2, -0.15) is 0 Å². The molecule has 0 saturated carbocycles. The molecule has 1 N–H and O–H groups in total. The molecule has 5 nitrogen and oxygen atoms in total. The summed E-state index contributed by atoms with van der Waals surface area (Å²) in [4.78, 5) is 11.0. The summed E-state index contributed by atoms with van der Waals surface area (Å²) in [7, 11) is 0. The van der Waals surface area contributed by atoms with Gasteiger partial charge >= 0.3 is 0 Å². The molecule has 1 aliphatic rings. The number of aromatic nitrogens is 2. The van der Waals surface area contributed by atoms with Crippen molar-refractivity contribution in [3.8, 4) is 0 Å². The fourth-order valence-corrected chi connectivity index (χ4v) is 2.66. The van der Waals surface area contributed by atoms with Crippen LogP contribution in [0, 0.1) is 0 Å². The maximum Gasteiger partial charge on any atom is 0.145 e. The van der Waals surface area contributed by atoms with Gasteiger partial charge in [0.1, 0.15) is 11.6 Å². The van der Waals surface area contributed by atoms with Crippen LogP contribution in [0.5, 0.6) is 0 Å². The summed E-state index contributed by atoms with van der Waals surface area (Å²) < 4.78 is 5.57. The first-order chi connectivity index (χ1) is 10.7. The molecule has 0 amide bonds. The van der Waals surface area contributed by atoms with E-state index in [1.54, 1.807) is 6.20 Å². The minimum absolute atomic E-state index is 0.240. The van der Waals surface area contributed by atoms with E-state index in [-0.39, 0.29) is 6.10 Å². The van der Waals surface area contributed by atoms with Crippen molar-refractivity contribution in [3.05, 3.63) is 47.2 Å². The molecule has 1 fully saturated rings. The van der Waals surface area contributed by atoms with Crippen LogP contribution in [0.25, 0.3) is 0 Å². The molecule has 6 heteroatoms. The smallest absolute Gasteiger partial charge is 0.145 e. The Morgan fingerprint density at radius 1 is 1.36 bits per heavy atom. The fourth-order valence-electron chi connectivity index (χ4n) is 2.47. The Labute approximate surface area is 135 Å². The lowest BCUT2D eigenvalue weighted by molar-refractivity contribution is 0.0529. The summed E-state index contributed by atoms with van der Waals surface area (Å²) >= 11 is 6.10. The summed E-state index contributed by atoms with van der Waals surface area (Å²) in [5.74, 6) is 1.68. The number of nitrogens with one attached hydrogen (secondary N) is 1. The normalized spacial score (nSPS) is 18.3. The van der Waals surface area contributed by atoms with E-state index in [1.165, 1.54) is 0 Å². The molecular formula is C16H19ClN4O. The molecule has 0 aliphatic carbocycles. The Kier molecular flexibility index (Phi) is 4.75. The zero-order chi connectivity index (χ0) is 15.4. The lowest BCUT2D eigenvalue weighted by Gasteiger charge is -2.32. The van der Waals surface area contributed by atoms with Crippen molar-refractivity contribution in [1.29, 1.82) is 0 Å². The second-order valence-electron chi connectivity index (χ2n) is 5.34. The first kappa shape index (κ1) is 15.1. The summed E-state index contributed by atoms with van der Waals surface area (Å²) in [5.41, 5.74) is 1.14. The van der Waals surface area contributed by atoms with Gasteiger partial charge in [0.2, 0.25) is 0 Å². The first-order valence-corrected chi connectivity index (χ1v) is 7.76. The van der Waals surface area contributed by atoms with Crippen molar-refractivity contribution in [2.75, 3.05) is 29.9 Å². The Morgan fingerprint density at radius 2 is 2.27 bits per heavy atom. The highest BCUT2D eigenvalue weighted by Gasteiger charge is 2.17. The van der Waals surface area contributed by atoms with Crippen LogP contribution in [0.2, 0.25) is 5.02 Å². The van der Waals surface area contributed by atoms with E-state index in [1.807, 2.05) is 24.4 Å². The van der Waals surface area contributed by atoms with Crippen LogP contribution in [0.4, 0.5) is 11.6 Å². The number of hydrogen-bond acceptors (Lipinski definition) is 5. The van der Waals surface area contributed by atoms with Gasteiger partial charge in [-0.25, -0.2) is 9.97 Å². The average Bonchev–Trinajstić information content (AvgIpc) is 2.54. The van der Waals surface area contributed by atoms with Crippen LogP contribution >= 0.6 is 11.6 Å². The highest BCUT2D eigenvalue weighted by Crippen LogP contribution is 2.20. The quantitative estimate of drug-likeness (QED) is 0.939. The van der Waals surface area contributed by atoms with Crippen molar-refractivity contribution in [3.63, 3.8) is 0 Å². The molecule has 22 heavy (non-hydrogen) atoms. The maximum absolute atomic E-state index is 6.10. The third kappa shape index (κ3) is 3.67. The van der Waals surface area contributed by atoms with Crippen LogP contribution < -0.4 is 10.2 Å². The van der Waals surface area contributed by atoms with E-state index >= 15 is 0 Å². The number of ether oxygens (including phenoxy) is 1. The summed E-state index contributed by atoms with van der Waals surface area (Å²) in [5, 5.41) is 3.88. The van der Waals surface area contributed by atoms with Crippen LogP contribution in [-0.2, 0) is 11.3 Å². The van der Waals surface area contributed by atoms with Gasteiger partial charge in [-0.15, -0.1) is 0 Å². The Hall–Kier alpha value is -1.85. The second kappa shape index (κ2) is 6.94. The predicted molar refractivity (Wildman–Crippen MR) is 88.4 cm³/mol. The van der Waals surface area contributed by atoms with Crippen molar-refractivity contribution in [2.24, 2.45) is 0 Å². The molecule has 0 aromatic carbocycles. The summed E-state index contributed by atoms with van der Waals surface area (Å²) in [6.45, 7) is 5.23. The predicted octanol–water partition coefficient (Wildman–Crippen LogP) is 2.97. The standard InChI is InChI=1S/C16H19ClN4O/c1-12-11-21(7-8-22-12)15-9-13(4-6-18-15)10-20-16-14(17)3-2-5-19-16/h2-6,9,12H,7-8,10-11H2,1H3,(H,19,20)/t12-/m0/s1. The van der Waals surface area contributed by atoms with Gasteiger partial charge in [-0.05, 0) is 36.8 Å². The number of nitrogens with zero attached hydrogens (tertiary/aromatic N) is 3. The molecule has 1 atom stereocenters. The SMILES string of the molecule is C[C@H]1CN(c2cc(CNc3ncccc3Cl)ccn2)CCO1. The molecule has 1 saturated heterocycles. The van der Waals surface area contributed by atoms with Crippen LogP contribution in [0.15, 0.2) is 36.7 Å². The van der Waals surface area contributed by atoms with Crippen molar-refractivity contribution >= 4 is 23.2 Å². The number of rotatable bonds is 4. The zero-order valence-electron chi connectivity index (χ0n) is 12.5. The van der Waals surface area contributed by atoms with E-state index in [0.717, 1.165) is 31.1 Å². The van der Waals surface area contributed by atoms with Gasteiger partial charge in [-0.1, -0.05) is 11.6 Å². The maximum atomic E-state index is 6.10. The van der Waals surface area contributed by atoms with Crippen molar-refractivity contribution < 1.29 is 4.74 Å². The third-order valence-corrected chi connectivity index (χ3v) is 3.90. The van der Waals surface area contributed by atoms with Crippen molar-refractivity contribution in [2.45, 2.75) is 19.6 Å². The second-order valence-corrected chi connectivity index (χ2v) is 5.74. The molecule has 0 radical (unpaired) electrons. The van der Waals surface area contributed by atoms with Crippen LogP contribution in [0.1, 0.15) is 12.5 Å². The van der Waals surface area contributed by atoms with E-state index < -0.39 is 0 Å². The third-order valence-electron chi connectivity index (χ3n) is 3.59. The highest BCUT2D eigenvalue weighted by atomic mass is 35.5. The van der Waals surface area contributed by atoms with E-state index in [4.69, 9.17) is 16.3 Å². The molecule has 3 heterocycles. The minimum atomic E-state index is 0.240. The van der Waals surface area contributed by atoms with E-state index in [2.05, 4.69) is 33.2 Å². The largest absolute Gasteiger partial charge is 0.375 e. The van der Waals surface area contributed by atoms with Crippen LogP contribution in [0.3, 0.4) is 0 Å². The van der Waals surface area contributed by atoms with Gasteiger partial charge in [0.05, 0.1) is 17.7 Å². The molecule has 1 aliphatic heterocycles. The Bertz CT molecular complexity index is 637. The lowest BCUT2D eigenvalue weighted by atomic mass is 10.2. The number of halogens is 1. The molecule has 116 valence electrons. The molecule has 0 bridgehead atoms. The zero-order valence-corrected chi connectivity index (χ0v) is 13.3. The van der Waals surface area contributed by atoms with Gasteiger partial charge in [0.25, 0.3) is 0 Å². The van der Waals surface area contributed by atoms with Crippen LogP contribution in [-0.4, -0.2) is 35.8 Å². The average molecular weight is 319 g/mol. The minimum Gasteiger partial charge on any atom is -0.375 e. The Morgan fingerprint density at radius 3 is 3.09 bits per heavy atom. The van der Waals surface area contributed by atoms with E-state index in [9.17, 15) is 0 Å². The van der Waals surface area contributed by atoms with E-state index in [0.29, 0.717) is 17.4 Å². The van der Waals surface area contributed by atoms with Gasteiger partial charge in [-0.3, -0.25) is 0 Å². The molecule has 0 unspecified atom stereocenters. The highest BCUT2D eigenvalue weighted by molar-refractivity contribution is 6.32. The summed E-state index contributed by atoms with van der Waals surface area (Å²) in [6, 6.07) is 7.74. The van der Waals surface area contributed by atoms with Gasteiger partial charge < -0.3 is 15.0 Å². The number of pyridine rings is 2. The number of anilines is 2. The molecule has 0 spiro atoms. The monoisotopic (exact) mass is 318 g/mol. The topological polar surface area (TPSA) is 50.3 Å². The molecule has 2 aromatic heterocycles. The lowest BCUT2D eigenvalue weighted by Crippen LogP contribution is -2.41. The number of hydrogen-bond donors (Lipinski definition) is 1. The van der Waals surface area contributed by atoms with Crippen molar-refractivity contribution in [1.82, 2.24) is 9.97 Å².